The summed E-state index contributed by atoms with van der Waals surface area (Å²) in [7, 11) is 2.93. The molecule has 22 heteroatoms. The Morgan fingerprint density at radius 2 is 0.602 bits per heavy atom. The van der Waals surface area contributed by atoms with E-state index in [1.54, 1.807) is 56.1 Å². The van der Waals surface area contributed by atoms with Gasteiger partial charge in [0.05, 0.1) is 64.5 Å². The van der Waals surface area contributed by atoms with Crippen LogP contribution in [0, 0.1) is 0 Å². The predicted octanol–water partition coefficient (Wildman–Crippen LogP) is 20.4. The molecule has 8 bridgehead atoms. The molecular formula is C91H85CuN9O11S. The predicted molar refractivity (Wildman–Crippen MR) is 445 cm³/mol. The number of aromatic nitrogens is 8. The van der Waals surface area contributed by atoms with Crippen molar-refractivity contribution in [1.29, 1.82) is 0 Å². The average molecular weight is 1580 g/mol. The molecule has 577 valence electrons. The van der Waals surface area contributed by atoms with Crippen molar-refractivity contribution < 1.29 is 68.2 Å². The minimum absolute atomic E-state index is 0. The van der Waals surface area contributed by atoms with E-state index >= 15 is 0 Å². The van der Waals surface area contributed by atoms with Crippen LogP contribution in [-0.4, -0.2) is 114 Å². The first kappa shape index (κ1) is 81.2. The van der Waals surface area contributed by atoms with Crippen LogP contribution in [0.5, 0.6) is 23.0 Å². The van der Waals surface area contributed by atoms with Crippen molar-refractivity contribution in [3.63, 3.8) is 0 Å². The minimum atomic E-state index is -3.86. The molecule has 0 aliphatic carbocycles. The summed E-state index contributed by atoms with van der Waals surface area (Å²) in [6, 6.07) is 88.8. The van der Waals surface area contributed by atoms with Crippen LogP contribution in [0.2, 0.25) is 0 Å². The van der Waals surface area contributed by atoms with Crippen LogP contribution in [0.1, 0.15) is 54.4 Å². The quantitative estimate of drug-likeness (QED) is 0.0815. The molecule has 17 rings (SSSR count). The van der Waals surface area contributed by atoms with Gasteiger partial charge in [-0.1, -0.05) is 257 Å². The van der Waals surface area contributed by atoms with Crippen molar-refractivity contribution in [2.75, 3.05) is 47.8 Å². The van der Waals surface area contributed by atoms with E-state index in [1.165, 1.54) is 43.1 Å². The standard InChI is InChI=1S/C32H16N8.C15H29NO7S.4C11H10O.Cu/c1-2-10-18-17(9-1)25-33-26(18)38-28-21-13-5-6-14-22(21)30(35-28)40-32-24-16-8-7-15-23(24)31(36-32)39-29-20-12-4-3-11-19(20)27(34-29)37-25;1-8-14(3,4)22-12(17)16(24(7,19)20)10-11-21-13(18)23-15(5,6)9-2;4*1-12-11-8-4-6-9-5-2-3-7-10(9)11;/h1-16H;8-11H2,1-7H3;4*2-8H,1H3;/q-2;;;;;;+2. The topological polar surface area (TPSA) is 242 Å². The number of ether oxygens (including phenoxy) is 7. The van der Waals surface area contributed by atoms with Crippen LogP contribution in [0.25, 0.3) is 133 Å². The van der Waals surface area contributed by atoms with Crippen molar-refractivity contribution in [2.24, 2.45) is 0 Å². The first-order valence-corrected chi connectivity index (χ1v) is 38.3. The van der Waals surface area contributed by atoms with Crippen LogP contribution in [-0.2, 0) is 41.3 Å². The van der Waals surface area contributed by atoms with Crippen LogP contribution < -0.4 is 28.9 Å². The minimum Gasteiger partial charge on any atom is -0.496 e. The Kier molecular flexibility index (Phi) is 26.5. The summed E-state index contributed by atoms with van der Waals surface area (Å²) in [6.07, 6.45) is 0.0697. The Hall–Kier alpha value is -12.8. The Morgan fingerprint density at radius 3 is 0.867 bits per heavy atom. The fourth-order valence-electron chi connectivity index (χ4n) is 12.2. The zero-order valence-electron chi connectivity index (χ0n) is 64.5. The molecular weight excluding hydrogens is 1490 g/mol. The molecule has 0 unspecified atom stereocenters. The fourth-order valence-corrected chi connectivity index (χ4v) is 13.0. The summed E-state index contributed by atoms with van der Waals surface area (Å²) >= 11 is 0. The van der Waals surface area contributed by atoms with Crippen molar-refractivity contribution >= 4 is 109 Å². The summed E-state index contributed by atoms with van der Waals surface area (Å²) < 4.78 is 60.0. The van der Waals surface area contributed by atoms with Crippen LogP contribution in [0.3, 0.4) is 0 Å². The summed E-state index contributed by atoms with van der Waals surface area (Å²) in [5, 5.41) is 13.1. The normalized spacial score (nSPS) is 11.2. The van der Waals surface area contributed by atoms with E-state index in [-0.39, 0.29) is 30.2 Å². The summed E-state index contributed by atoms with van der Waals surface area (Å²) in [6.45, 7) is 9.78. The van der Waals surface area contributed by atoms with Gasteiger partial charge < -0.3 is 63.1 Å². The maximum atomic E-state index is 12.1. The van der Waals surface area contributed by atoms with E-state index in [2.05, 4.69) is 72.8 Å². The number of hydrogen-bond acceptors (Lipinski definition) is 17. The second-order valence-electron chi connectivity index (χ2n) is 27.0. The van der Waals surface area contributed by atoms with Gasteiger partial charge in [0.15, 0.2) is 0 Å². The second kappa shape index (κ2) is 36.8. The Bertz CT molecular complexity index is 5530. The molecule has 3 aromatic heterocycles. The summed E-state index contributed by atoms with van der Waals surface area (Å²) in [5.74, 6) is 5.96. The molecule has 0 fully saturated rings. The largest absolute Gasteiger partial charge is 2.00 e. The number of hydrogen-bond donors (Lipinski definition) is 0. The van der Waals surface area contributed by atoms with Gasteiger partial charge in [0, 0.05) is 66.4 Å². The van der Waals surface area contributed by atoms with Crippen LogP contribution in [0.15, 0.2) is 267 Å². The molecule has 0 saturated heterocycles. The first-order chi connectivity index (χ1) is 54.2. The molecule has 0 N–H and O–H groups in total. The van der Waals surface area contributed by atoms with Crippen molar-refractivity contribution in [2.45, 2.75) is 65.6 Å². The molecule has 113 heavy (non-hydrogen) atoms. The number of methoxy groups -OCH3 is 4. The molecule has 12 aromatic carbocycles. The van der Waals surface area contributed by atoms with E-state index in [0.29, 0.717) is 63.0 Å². The average Bonchev–Trinajstić information content (AvgIpc) is 1.58. The molecule has 0 atom stereocenters. The molecule has 5 heterocycles. The number of carbonyl (C=O) groups excluding carboxylic acids is 2. The maximum Gasteiger partial charge on any atom is 2.00 e. The number of benzene rings is 12. The fraction of sp³-hybridized carbons (Fsp3) is 0.187. The Labute approximate surface area is 666 Å². The molecule has 2 aliphatic rings. The van der Waals surface area contributed by atoms with Gasteiger partial charge >= 0.3 is 29.3 Å². The van der Waals surface area contributed by atoms with E-state index in [1.807, 2.05) is 208 Å². The van der Waals surface area contributed by atoms with Gasteiger partial charge in [-0.2, -0.15) is 0 Å². The Morgan fingerprint density at radius 1 is 0.354 bits per heavy atom. The monoisotopic (exact) mass is 1570 g/mol. The number of amides is 1. The van der Waals surface area contributed by atoms with Gasteiger partial charge in [-0.15, -0.1) is 0 Å². The number of nitrogens with zero attached hydrogens (tertiary/aromatic N) is 9. The molecule has 2 aliphatic heterocycles. The number of rotatable bonds is 12. The van der Waals surface area contributed by atoms with Gasteiger partial charge in [-0.25, -0.2) is 32.3 Å². The zero-order chi connectivity index (χ0) is 78.9. The third-order valence-electron chi connectivity index (χ3n) is 18.8. The van der Waals surface area contributed by atoms with Crippen LogP contribution in [0.4, 0.5) is 9.59 Å². The van der Waals surface area contributed by atoms with E-state index in [4.69, 9.17) is 73.0 Å². The number of sulfonamides is 1. The van der Waals surface area contributed by atoms with E-state index in [0.717, 1.165) is 73.1 Å². The van der Waals surface area contributed by atoms with Crippen LogP contribution >= 0.6 is 0 Å². The SMILES string of the molecule is CCC(C)(C)OC(=O)OCCN(C(=O)OC(C)(C)CC)S(C)(=O)=O.COc1cccc2ccccc12.COc1cccc2ccccc12.COc1cccc2ccccc12.COc1cccc2ccccc12.[Cu+2].c1ccc2c(c1)-c1nc-2nc2[n-]c(nc3nc(nc4[n-]c(n1)c1ccccc41)-c1ccccc1-3)c1ccccc21. The van der Waals surface area contributed by atoms with E-state index in [9.17, 15) is 18.0 Å². The molecule has 15 aromatic rings. The summed E-state index contributed by atoms with van der Waals surface area (Å²) in [5.41, 5.74) is 4.30. The first-order valence-electron chi connectivity index (χ1n) is 36.4. The third kappa shape index (κ3) is 19.5. The molecule has 1 radical (unpaired) electrons. The van der Waals surface area contributed by atoms with Gasteiger partial charge in [-0.3, -0.25) is 0 Å². The molecule has 1 amide bonds. The number of carbonyl (C=O) groups is 2. The molecule has 0 spiro atoms. The Balaban J connectivity index is 0.000000147. The molecule has 0 saturated carbocycles. The second-order valence-corrected chi connectivity index (χ2v) is 28.9. The number of fused-ring (bicyclic) bond motifs is 24. The van der Waals surface area contributed by atoms with Crippen molar-refractivity contribution in [1.82, 2.24) is 44.2 Å². The van der Waals surface area contributed by atoms with Gasteiger partial charge in [0.1, 0.15) is 40.8 Å². The van der Waals surface area contributed by atoms with Gasteiger partial charge in [-0.05, 0) is 108 Å². The van der Waals surface area contributed by atoms with Gasteiger partial charge in [0.2, 0.25) is 10.0 Å². The van der Waals surface area contributed by atoms with E-state index < -0.39 is 33.5 Å². The summed E-state index contributed by atoms with van der Waals surface area (Å²) in [4.78, 5) is 62.9. The van der Waals surface area contributed by atoms with Crippen molar-refractivity contribution in [3.8, 4) is 68.5 Å². The smallest absolute Gasteiger partial charge is 0.496 e. The third-order valence-corrected chi connectivity index (χ3v) is 19.9. The maximum absolute atomic E-state index is 12.1. The van der Waals surface area contributed by atoms with Gasteiger partial charge in [0.25, 0.3) is 0 Å². The van der Waals surface area contributed by atoms with Crippen molar-refractivity contribution in [3.05, 3.63) is 267 Å². The zero-order valence-corrected chi connectivity index (χ0v) is 66.2. The molecule has 20 nitrogen and oxygen atoms in total.